The van der Waals surface area contributed by atoms with Gasteiger partial charge in [-0.25, -0.2) is 0 Å². The van der Waals surface area contributed by atoms with Gasteiger partial charge in [0.1, 0.15) is 0 Å². The van der Waals surface area contributed by atoms with Crippen molar-refractivity contribution in [1.29, 1.82) is 0 Å². The highest BCUT2D eigenvalue weighted by atomic mass is 16.6. The van der Waals surface area contributed by atoms with Crippen LogP contribution < -0.4 is 0 Å². The molecule has 0 bridgehead atoms. The Morgan fingerprint density at radius 2 is 2.10 bits per heavy atom. The maximum absolute atomic E-state index is 10.6. The molecule has 1 aliphatic rings. The van der Waals surface area contributed by atoms with Gasteiger partial charge in [-0.05, 0) is 25.8 Å². The summed E-state index contributed by atoms with van der Waals surface area (Å²) in [5.41, 5.74) is 0.929. The van der Waals surface area contributed by atoms with Crippen LogP contribution in [-0.4, -0.2) is 52.9 Å². The van der Waals surface area contributed by atoms with E-state index >= 15 is 0 Å². The second kappa shape index (κ2) is 6.51. The molecule has 0 radical (unpaired) electrons. The molecule has 0 amide bonds. The van der Waals surface area contributed by atoms with Crippen molar-refractivity contribution in [2.45, 2.75) is 32.0 Å². The molecule has 1 heterocycles. The van der Waals surface area contributed by atoms with Crippen LogP contribution in [0, 0.1) is 10.1 Å². The minimum absolute atomic E-state index is 0.0253. The first-order chi connectivity index (χ1) is 9.89. The molecule has 1 atom stereocenters. The molecule has 1 unspecified atom stereocenters. The summed E-state index contributed by atoms with van der Waals surface area (Å²) in [5.74, 6) is 0. The quantitative estimate of drug-likeness (QED) is 0.659. The average Bonchev–Trinajstić information content (AvgIpc) is 2.44. The predicted molar refractivity (Wildman–Crippen MR) is 79.3 cm³/mol. The number of nitro benzene ring substituents is 1. The Balaban J connectivity index is 1.91. The molecule has 116 valence electrons. The number of nitrogens with zero attached hydrogens (tertiary/aromatic N) is 2. The topological polar surface area (TPSA) is 75.8 Å². The van der Waals surface area contributed by atoms with Gasteiger partial charge >= 0.3 is 0 Å². The lowest BCUT2D eigenvalue weighted by Gasteiger charge is -2.42. The Morgan fingerprint density at radius 1 is 1.43 bits per heavy atom. The zero-order valence-electron chi connectivity index (χ0n) is 12.5. The van der Waals surface area contributed by atoms with Crippen molar-refractivity contribution in [1.82, 2.24) is 4.90 Å². The highest BCUT2D eigenvalue weighted by Crippen LogP contribution is 2.21. The minimum atomic E-state index is -0.389. The molecule has 2 rings (SSSR count). The lowest BCUT2D eigenvalue weighted by Crippen LogP contribution is -2.54. The molecule has 1 N–H and O–H groups in total. The summed E-state index contributed by atoms with van der Waals surface area (Å²) in [6.45, 7) is 6.45. The lowest BCUT2D eigenvalue weighted by molar-refractivity contribution is -0.384. The molecule has 1 fully saturated rings. The highest BCUT2D eigenvalue weighted by Gasteiger charge is 2.32. The summed E-state index contributed by atoms with van der Waals surface area (Å²) in [7, 11) is 0. The van der Waals surface area contributed by atoms with Crippen LogP contribution in [0.1, 0.15) is 19.4 Å². The smallest absolute Gasteiger partial charge is 0.269 e. The van der Waals surface area contributed by atoms with Crippen molar-refractivity contribution in [2.24, 2.45) is 0 Å². The highest BCUT2D eigenvalue weighted by molar-refractivity contribution is 5.32. The van der Waals surface area contributed by atoms with Crippen molar-refractivity contribution in [2.75, 3.05) is 26.2 Å². The fraction of sp³-hybridized carbons (Fsp3) is 0.600. The number of rotatable bonds is 5. The van der Waals surface area contributed by atoms with Crippen molar-refractivity contribution in [3.05, 3.63) is 39.9 Å². The number of morpholine rings is 1. The minimum Gasteiger partial charge on any atom is -0.394 e. The van der Waals surface area contributed by atoms with E-state index < -0.39 is 0 Å². The maximum Gasteiger partial charge on any atom is 0.269 e. The molecule has 1 aromatic rings. The van der Waals surface area contributed by atoms with Crippen LogP contribution in [-0.2, 0) is 11.2 Å². The van der Waals surface area contributed by atoms with Crippen LogP contribution in [0.5, 0.6) is 0 Å². The molecular weight excluding hydrogens is 272 g/mol. The second-order valence-corrected chi connectivity index (χ2v) is 6.09. The SMILES string of the molecule is CC1(C)CN(CCc2ccc([N+](=O)[O-])cc2)CC(CO)O1. The normalized spacial score (nSPS) is 22.1. The van der Waals surface area contributed by atoms with Crippen molar-refractivity contribution in [3.63, 3.8) is 0 Å². The fourth-order valence-corrected chi connectivity index (χ4v) is 2.75. The molecule has 1 aliphatic heterocycles. The Hall–Kier alpha value is -1.50. The Kier molecular flexibility index (Phi) is 4.92. The van der Waals surface area contributed by atoms with Crippen LogP contribution in [0.3, 0.4) is 0 Å². The van der Waals surface area contributed by atoms with Crippen molar-refractivity contribution in [3.8, 4) is 0 Å². The fourth-order valence-electron chi connectivity index (χ4n) is 2.75. The van der Waals surface area contributed by atoms with E-state index in [1.165, 1.54) is 12.1 Å². The summed E-state index contributed by atoms with van der Waals surface area (Å²) in [6.07, 6.45) is 0.678. The number of benzene rings is 1. The lowest BCUT2D eigenvalue weighted by atomic mass is 10.0. The Bertz CT molecular complexity index is 487. The number of nitro groups is 1. The number of aliphatic hydroxyl groups excluding tert-OH is 1. The van der Waals surface area contributed by atoms with Gasteiger partial charge < -0.3 is 9.84 Å². The first-order valence-corrected chi connectivity index (χ1v) is 7.14. The van der Waals surface area contributed by atoms with E-state index in [0.717, 1.165) is 25.1 Å². The average molecular weight is 294 g/mol. The second-order valence-electron chi connectivity index (χ2n) is 6.09. The van der Waals surface area contributed by atoms with Crippen LogP contribution in [0.2, 0.25) is 0 Å². The molecule has 0 aromatic heterocycles. The van der Waals surface area contributed by atoms with Crippen LogP contribution in [0.4, 0.5) is 5.69 Å². The maximum atomic E-state index is 10.6. The standard InChI is InChI=1S/C15H22N2O4/c1-15(2)11-16(9-14(10-18)21-15)8-7-12-3-5-13(6-4-12)17(19)20/h3-6,14,18H,7-11H2,1-2H3. The third-order valence-corrected chi connectivity index (χ3v) is 3.62. The van der Waals surface area contributed by atoms with E-state index in [0.29, 0.717) is 6.54 Å². The summed E-state index contributed by atoms with van der Waals surface area (Å²) < 4.78 is 5.78. The molecular formula is C15H22N2O4. The van der Waals surface area contributed by atoms with Gasteiger partial charge in [-0.3, -0.25) is 15.0 Å². The van der Waals surface area contributed by atoms with E-state index in [9.17, 15) is 15.2 Å². The number of hydrogen-bond acceptors (Lipinski definition) is 5. The van der Waals surface area contributed by atoms with Gasteiger partial charge in [-0.1, -0.05) is 12.1 Å². The number of non-ortho nitro benzene ring substituents is 1. The first-order valence-electron chi connectivity index (χ1n) is 7.14. The Labute approximate surface area is 124 Å². The summed E-state index contributed by atoms with van der Waals surface area (Å²) in [4.78, 5) is 12.5. The number of aliphatic hydroxyl groups is 1. The summed E-state index contributed by atoms with van der Waals surface area (Å²) in [5, 5.41) is 19.9. The van der Waals surface area contributed by atoms with Gasteiger partial charge in [-0.2, -0.15) is 0 Å². The molecule has 0 spiro atoms. The van der Waals surface area contributed by atoms with Crippen molar-refractivity contribution < 1.29 is 14.8 Å². The van der Waals surface area contributed by atoms with E-state index in [4.69, 9.17) is 4.74 Å². The predicted octanol–water partition coefficient (Wildman–Crippen LogP) is 1.61. The van der Waals surface area contributed by atoms with E-state index in [-0.39, 0.29) is 28.9 Å². The van der Waals surface area contributed by atoms with Crippen LogP contribution in [0.25, 0.3) is 0 Å². The van der Waals surface area contributed by atoms with Crippen LogP contribution in [0.15, 0.2) is 24.3 Å². The molecule has 0 aliphatic carbocycles. The number of hydrogen-bond donors (Lipinski definition) is 1. The molecule has 21 heavy (non-hydrogen) atoms. The van der Waals surface area contributed by atoms with Gasteiger partial charge in [0.25, 0.3) is 5.69 Å². The van der Waals surface area contributed by atoms with Gasteiger partial charge in [0.05, 0.1) is 23.2 Å². The van der Waals surface area contributed by atoms with Crippen LogP contribution >= 0.6 is 0 Å². The van der Waals surface area contributed by atoms with E-state index in [1.807, 2.05) is 13.8 Å². The van der Waals surface area contributed by atoms with Gasteiger partial charge in [0, 0.05) is 31.8 Å². The largest absolute Gasteiger partial charge is 0.394 e. The third kappa shape index (κ3) is 4.49. The van der Waals surface area contributed by atoms with E-state index in [2.05, 4.69) is 4.90 Å². The van der Waals surface area contributed by atoms with Gasteiger partial charge in [-0.15, -0.1) is 0 Å². The van der Waals surface area contributed by atoms with Gasteiger partial charge in [0.2, 0.25) is 0 Å². The molecule has 1 aromatic carbocycles. The monoisotopic (exact) mass is 294 g/mol. The van der Waals surface area contributed by atoms with Gasteiger partial charge in [0.15, 0.2) is 0 Å². The van der Waals surface area contributed by atoms with E-state index in [1.54, 1.807) is 12.1 Å². The molecule has 6 heteroatoms. The third-order valence-electron chi connectivity index (χ3n) is 3.62. The van der Waals surface area contributed by atoms with Crippen molar-refractivity contribution >= 4 is 5.69 Å². The Morgan fingerprint density at radius 3 is 2.67 bits per heavy atom. The number of ether oxygens (including phenoxy) is 1. The molecule has 1 saturated heterocycles. The molecule has 0 saturated carbocycles. The summed E-state index contributed by atoms with van der Waals surface area (Å²) >= 11 is 0. The summed E-state index contributed by atoms with van der Waals surface area (Å²) in [6, 6.07) is 6.67. The zero-order chi connectivity index (χ0) is 15.5. The first kappa shape index (κ1) is 15.9. The zero-order valence-corrected chi connectivity index (χ0v) is 12.5. The molecule has 6 nitrogen and oxygen atoms in total.